The van der Waals surface area contributed by atoms with Crippen molar-refractivity contribution in [2.24, 2.45) is 5.10 Å². The summed E-state index contributed by atoms with van der Waals surface area (Å²) in [5, 5.41) is 12.3. The maximum Gasteiger partial charge on any atom is 0.277 e. The van der Waals surface area contributed by atoms with Gasteiger partial charge in [0.15, 0.2) is 0 Å². The first-order valence-corrected chi connectivity index (χ1v) is 8.28. The number of carbonyl (C=O) groups excluding carboxylic acids is 1. The van der Waals surface area contributed by atoms with Crippen LogP contribution in [-0.2, 0) is 0 Å². The van der Waals surface area contributed by atoms with Gasteiger partial charge in [-0.25, -0.2) is 5.43 Å². The van der Waals surface area contributed by atoms with Gasteiger partial charge in [0.1, 0.15) is 5.75 Å². The Hall–Kier alpha value is -3.20. The molecule has 0 bridgehead atoms. The van der Waals surface area contributed by atoms with Crippen LogP contribution < -0.4 is 10.2 Å². The number of rotatable bonds is 4. The van der Waals surface area contributed by atoms with Gasteiger partial charge in [0.05, 0.1) is 16.9 Å². The van der Waals surface area contributed by atoms with Crippen molar-refractivity contribution in [3.63, 3.8) is 0 Å². The lowest BCUT2D eigenvalue weighted by atomic mass is 10.2. The third-order valence-corrected chi connectivity index (χ3v) is 4.08. The lowest BCUT2D eigenvalue weighted by Gasteiger charge is -2.06. The van der Waals surface area contributed by atoms with Crippen LogP contribution in [-0.4, -0.2) is 32.7 Å². The van der Waals surface area contributed by atoms with Crippen LogP contribution in [0, 0.1) is 0 Å². The highest BCUT2D eigenvalue weighted by molar-refractivity contribution is 7.99. The SMILES string of the molecule is O=C1NN=C(CSc2nnc(-c3cccnc3)o2)Oc2ccccc21. The summed E-state index contributed by atoms with van der Waals surface area (Å²) in [7, 11) is 0. The van der Waals surface area contributed by atoms with Crippen molar-refractivity contribution in [1.82, 2.24) is 20.6 Å². The molecule has 1 N–H and O–H groups in total. The lowest BCUT2D eigenvalue weighted by Crippen LogP contribution is -2.18. The van der Waals surface area contributed by atoms with E-state index in [1.165, 1.54) is 11.8 Å². The molecule has 4 rings (SSSR count). The number of amides is 1. The van der Waals surface area contributed by atoms with Crippen molar-refractivity contribution < 1.29 is 13.9 Å². The summed E-state index contributed by atoms with van der Waals surface area (Å²) in [6.07, 6.45) is 3.32. The monoisotopic (exact) mass is 353 g/mol. The van der Waals surface area contributed by atoms with Gasteiger partial charge in [-0.1, -0.05) is 23.9 Å². The normalized spacial score (nSPS) is 13.3. The summed E-state index contributed by atoms with van der Waals surface area (Å²) in [5.41, 5.74) is 3.63. The molecule has 9 heteroatoms. The molecule has 0 fully saturated rings. The molecule has 0 radical (unpaired) electrons. The summed E-state index contributed by atoms with van der Waals surface area (Å²) in [6, 6.07) is 10.6. The van der Waals surface area contributed by atoms with Crippen LogP contribution >= 0.6 is 11.8 Å². The van der Waals surface area contributed by atoms with Crippen LogP contribution in [0.2, 0.25) is 0 Å². The highest BCUT2D eigenvalue weighted by Crippen LogP contribution is 2.24. The Balaban J connectivity index is 1.45. The molecule has 0 atom stereocenters. The summed E-state index contributed by atoms with van der Waals surface area (Å²) >= 11 is 1.26. The molecule has 0 saturated carbocycles. The second-order valence-corrected chi connectivity index (χ2v) is 5.87. The number of pyridine rings is 1. The van der Waals surface area contributed by atoms with E-state index in [4.69, 9.17) is 9.15 Å². The van der Waals surface area contributed by atoms with Crippen molar-refractivity contribution in [3.8, 4) is 17.2 Å². The minimum Gasteiger partial charge on any atom is -0.440 e. The van der Waals surface area contributed by atoms with Crippen LogP contribution in [0.25, 0.3) is 11.5 Å². The van der Waals surface area contributed by atoms with Gasteiger partial charge in [0.2, 0.25) is 11.8 Å². The van der Waals surface area contributed by atoms with Gasteiger partial charge in [0, 0.05) is 12.4 Å². The Morgan fingerprint density at radius 3 is 2.92 bits per heavy atom. The van der Waals surface area contributed by atoms with E-state index in [0.717, 1.165) is 5.56 Å². The number of para-hydroxylation sites is 1. The third-order valence-electron chi connectivity index (χ3n) is 3.28. The molecule has 1 aromatic carbocycles. The lowest BCUT2D eigenvalue weighted by molar-refractivity contribution is 0.0955. The average molecular weight is 353 g/mol. The van der Waals surface area contributed by atoms with Crippen LogP contribution in [0.1, 0.15) is 10.4 Å². The number of carbonyl (C=O) groups is 1. The Morgan fingerprint density at radius 2 is 2.04 bits per heavy atom. The summed E-state index contributed by atoms with van der Waals surface area (Å²) in [6.45, 7) is 0. The zero-order valence-corrected chi connectivity index (χ0v) is 13.6. The fourth-order valence-electron chi connectivity index (χ4n) is 2.13. The molecule has 0 spiro atoms. The van der Waals surface area contributed by atoms with E-state index in [2.05, 4.69) is 25.7 Å². The van der Waals surface area contributed by atoms with Crippen molar-refractivity contribution in [3.05, 3.63) is 54.4 Å². The summed E-state index contributed by atoms with van der Waals surface area (Å²) in [4.78, 5) is 15.9. The van der Waals surface area contributed by atoms with Gasteiger partial charge in [-0.2, -0.15) is 0 Å². The molecule has 124 valence electrons. The van der Waals surface area contributed by atoms with Gasteiger partial charge >= 0.3 is 0 Å². The number of aromatic nitrogens is 3. The quantitative estimate of drug-likeness (QED) is 0.718. The average Bonchev–Trinajstić information content (AvgIpc) is 3.07. The zero-order valence-electron chi connectivity index (χ0n) is 12.7. The molecule has 0 unspecified atom stereocenters. The maximum absolute atomic E-state index is 11.9. The summed E-state index contributed by atoms with van der Waals surface area (Å²) in [5.74, 6) is 1.19. The Morgan fingerprint density at radius 1 is 1.12 bits per heavy atom. The number of fused-ring (bicyclic) bond motifs is 1. The second-order valence-electron chi connectivity index (χ2n) is 4.95. The molecule has 8 nitrogen and oxygen atoms in total. The minimum atomic E-state index is -0.313. The molecule has 1 aliphatic heterocycles. The Kier molecular flexibility index (Phi) is 4.13. The molecule has 0 saturated heterocycles. The van der Waals surface area contributed by atoms with Crippen molar-refractivity contribution in [2.45, 2.75) is 5.22 Å². The van der Waals surface area contributed by atoms with Crippen LogP contribution in [0.3, 0.4) is 0 Å². The predicted octanol–water partition coefficient (Wildman–Crippen LogP) is 2.36. The third kappa shape index (κ3) is 3.36. The minimum absolute atomic E-state index is 0.313. The smallest absolute Gasteiger partial charge is 0.277 e. The number of nitrogens with zero attached hydrogens (tertiary/aromatic N) is 4. The van der Waals surface area contributed by atoms with Crippen molar-refractivity contribution >= 4 is 23.6 Å². The fourth-order valence-corrected chi connectivity index (χ4v) is 2.73. The number of nitrogens with one attached hydrogen (secondary N) is 1. The molecular formula is C16H11N5O3S. The molecule has 1 amide bonds. The van der Waals surface area contributed by atoms with Gasteiger partial charge in [0.25, 0.3) is 11.1 Å². The highest BCUT2D eigenvalue weighted by atomic mass is 32.2. The van der Waals surface area contributed by atoms with Crippen LogP contribution in [0.5, 0.6) is 5.75 Å². The van der Waals surface area contributed by atoms with Crippen LogP contribution in [0.15, 0.2) is 63.5 Å². The van der Waals surface area contributed by atoms with E-state index >= 15 is 0 Å². The Labute approximate surface area is 146 Å². The van der Waals surface area contributed by atoms with E-state index in [1.807, 2.05) is 6.07 Å². The number of hydrazone groups is 1. The number of thioether (sulfide) groups is 1. The first-order chi connectivity index (χ1) is 12.3. The first kappa shape index (κ1) is 15.3. The van der Waals surface area contributed by atoms with Gasteiger partial charge < -0.3 is 9.15 Å². The maximum atomic E-state index is 11.9. The van der Waals surface area contributed by atoms with Gasteiger partial charge in [-0.05, 0) is 24.3 Å². The molecule has 3 heterocycles. The molecule has 1 aliphatic rings. The topological polar surface area (TPSA) is 103 Å². The standard InChI is InChI=1S/C16H11N5O3S/c22-14-11-5-1-2-6-12(11)23-13(18-19-14)9-25-16-21-20-15(24-16)10-4-3-7-17-8-10/h1-8H,9H2,(H,19,22). The number of hydrogen-bond acceptors (Lipinski definition) is 8. The van der Waals surface area contributed by atoms with Gasteiger partial charge in [-0.3, -0.25) is 9.78 Å². The predicted molar refractivity (Wildman–Crippen MR) is 90.2 cm³/mol. The largest absolute Gasteiger partial charge is 0.440 e. The van der Waals surface area contributed by atoms with E-state index in [9.17, 15) is 4.79 Å². The zero-order chi connectivity index (χ0) is 17.1. The molecule has 3 aromatic rings. The van der Waals surface area contributed by atoms with E-state index in [1.54, 1.807) is 42.7 Å². The number of hydrogen-bond donors (Lipinski definition) is 1. The second kappa shape index (κ2) is 6.73. The molecule has 25 heavy (non-hydrogen) atoms. The summed E-state index contributed by atoms with van der Waals surface area (Å²) < 4.78 is 11.3. The number of ether oxygens (including phenoxy) is 1. The molecule has 0 aliphatic carbocycles. The van der Waals surface area contributed by atoms with E-state index < -0.39 is 0 Å². The highest BCUT2D eigenvalue weighted by Gasteiger charge is 2.19. The molecule has 2 aromatic heterocycles. The number of benzene rings is 1. The fraction of sp³-hybridized carbons (Fsp3) is 0.0625. The molecular weight excluding hydrogens is 342 g/mol. The van der Waals surface area contributed by atoms with Crippen LogP contribution in [0.4, 0.5) is 0 Å². The van der Waals surface area contributed by atoms with E-state index in [0.29, 0.717) is 34.1 Å². The Bertz CT molecular complexity index is 942. The van der Waals surface area contributed by atoms with E-state index in [-0.39, 0.29) is 5.91 Å². The van der Waals surface area contributed by atoms with Crippen molar-refractivity contribution in [1.29, 1.82) is 0 Å². The van der Waals surface area contributed by atoms with Crippen molar-refractivity contribution in [2.75, 3.05) is 5.75 Å². The van der Waals surface area contributed by atoms with Gasteiger partial charge in [-0.15, -0.1) is 15.3 Å². The first-order valence-electron chi connectivity index (χ1n) is 7.30.